The zero-order chi connectivity index (χ0) is 12.1. The van der Waals surface area contributed by atoms with Crippen LogP contribution >= 0.6 is 11.6 Å². The van der Waals surface area contributed by atoms with Crippen molar-refractivity contribution < 1.29 is 4.74 Å². The van der Waals surface area contributed by atoms with Gasteiger partial charge >= 0.3 is 0 Å². The summed E-state index contributed by atoms with van der Waals surface area (Å²) in [5, 5.41) is 0.483. The van der Waals surface area contributed by atoms with Gasteiger partial charge in [-0.1, -0.05) is 11.6 Å². The van der Waals surface area contributed by atoms with Crippen molar-refractivity contribution in [1.29, 1.82) is 0 Å². The van der Waals surface area contributed by atoms with E-state index in [-0.39, 0.29) is 0 Å². The molecule has 1 unspecified atom stereocenters. The summed E-state index contributed by atoms with van der Waals surface area (Å²) < 4.78 is 5.09. The third kappa shape index (κ3) is 3.91. The summed E-state index contributed by atoms with van der Waals surface area (Å²) in [5.41, 5.74) is 0.996. The molecule has 1 atom stereocenters. The number of halogens is 1. The molecule has 17 heavy (non-hydrogen) atoms. The first kappa shape index (κ1) is 12.7. The van der Waals surface area contributed by atoms with E-state index in [1.165, 1.54) is 6.42 Å². The molecule has 1 aromatic heterocycles. The average Bonchev–Trinajstić information content (AvgIpc) is 2.74. The van der Waals surface area contributed by atoms with Gasteiger partial charge in [0.2, 0.25) is 0 Å². The van der Waals surface area contributed by atoms with Gasteiger partial charge in [-0.05, 0) is 25.3 Å². The van der Waals surface area contributed by atoms with Crippen LogP contribution in [0.1, 0.15) is 12.1 Å². The van der Waals surface area contributed by atoms with Gasteiger partial charge in [0.25, 0.3) is 0 Å². The van der Waals surface area contributed by atoms with E-state index in [0.29, 0.717) is 11.1 Å². The predicted molar refractivity (Wildman–Crippen MR) is 67.2 cm³/mol. The smallest absolute Gasteiger partial charge is 0.147 e. The number of ether oxygens (including phenoxy) is 1. The summed E-state index contributed by atoms with van der Waals surface area (Å²) in [5.74, 6) is 0.666. The van der Waals surface area contributed by atoms with Crippen LogP contribution in [-0.4, -0.2) is 48.2 Å². The lowest BCUT2D eigenvalue weighted by atomic mass is 10.0. The Balaban J connectivity index is 1.81. The van der Waals surface area contributed by atoms with Gasteiger partial charge < -0.3 is 9.64 Å². The first-order chi connectivity index (χ1) is 8.28. The predicted octanol–water partition coefficient (Wildman–Crippen LogP) is 1.64. The maximum Gasteiger partial charge on any atom is 0.147 e. The van der Waals surface area contributed by atoms with Gasteiger partial charge in [0.05, 0.1) is 18.5 Å². The van der Waals surface area contributed by atoms with Crippen molar-refractivity contribution in [3.8, 4) is 0 Å². The largest absolute Gasteiger partial charge is 0.383 e. The van der Waals surface area contributed by atoms with E-state index >= 15 is 0 Å². The number of likely N-dealkylation sites (tertiary alicyclic amines) is 1. The SMILES string of the molecule is COCCN1CCC(Cc2cncc(Cl)n2)C1. The Labute approximate surface area is 107 Å². The molecule has 2 heterocycles. The Morgan fingerprint density at radius 2 is 2.41 bits per heavy atom. The Kier molecular flexibility index (Phi) is 4.71. The maximum absolute atomic E-state index is 5.83. The molecule has 0 amide bonds. The van der Waals surface area contributed by atoms with Crippen LogP contribution in [0.25, 0.3) is 0 Å². The third-order valence-electron chi connectivity index (χ3n) is 3.13. The lowest BCUT2D eigenvalue weighted by molar-refractivity contribution is 0.159. The molecule has 0 spiro atoms. The number of aromatic nitrogens is 2. The van der Waals surface area contributed by atoms with Crippen LogP contribution in [0.2, 0.25) is 5.15 Å². The zero-order valence-electron chi connectivity index (χ0n) is 10.1. The molecule has 94 valence electrons. The first-order valence-corrected chi connectivity index (χ1v) is 6.33. The van der Waals surface area contributed by atoms with Crippen LogP contribution in [-0.2, 0) is 11.2 Å². The highest BCUT2D eigenvalue weighted by Crippen LogP contribution is 2.19. The summed E-state index contributed by atoms with van der Waals surface area (Å²) in [6, 6.07) is 0. The minimum Gasteiger partial charge on any atom is -0.383 e. The minimum atomic E-state index is 0.483. The van der Waals surface area contributed by atoms with E-state index in [0.717, 1.165) is 38.4 Å². The van der Waals surface area contributed by atoms with Crippen LogP contribution in [0, 0.1) is 5.92 Å². The molecule has 0 radical (unpaired) electrons. The summed E-state index contributed by atoms with van der Waals surface area (Å²) in [6.07, 6.45) is 5.57. The standard InChI is InChI=1S/C12H18ClN3O/c1-17-5-4-16-3-2-10(9-16)6-11-7-14-8-12(13)15-11/h7-8,10H,2-6,9H2,1H3. The lowest BCUT2D eigenvalue weighted by Gasteiger charge is -2.14. The van der Waals surface area contributed by atoms with Gasteiger partial charge in [0.15, 0.2) is 0 Å². The van der Waals surface area contributed by atoms with Crippen molar-refractivity contribution in [3.63, 3.8) is 0 Å². The first-order valence-electron chi connectivity index (χ1n) is 5.95. The van der Waals surface area contributed by atoms with Crippen molar-refractivity contribution in [2.45, 2.75) is 12.8 Å². The molecule has 4 nitrogen and oxygen atoms in total. The normalized spacial score (nSPS) is 20.9. The second kappa shape index (κ2) is 6.28. The van der Waals surface area contributed by atoms with E-state index < -0.39 is 0 Å². The van der Waals surface area contributed by atoms with Crippen LogP contribution < -0.4 is 0 Å². The van der Waals surface area contributed by atoms with Crippen molar-refractivity contribution >= 4 is 11.6 Å². The van der Waals surface area contributed by atoms with Crippen LogP contribution in [0.15, 0.2) is 12.4 Å². The van der Waals surface area contributed by atoms with E-state index in [1.807, 2.05) is 6.20 Å². The van der Waals surface area contributed by atoms with Crippen molar-refractivity contribution in [2.24, 2.45) is 5.92 Å². The van der Waals surface area contributed by atoms with Gasteiger partial charge in [0, 0.05) is 26.4 Å². The van der Waals surface area contributed by atoms with Gasteiger partial charge in [-0.25, -0.2) is 4.98 Å². The number of rotatable bonds is 5. The van der Waals surface area contributed by atoms with E-state index in [1.54, 1.807) is 13.3 Å². The van der Waals surface area contributed by atoms with E-state index in [4.69, 9.17) is 16.3 Å². The minimum absolute atomic E-state index is 0.483. The lowest BCUT2D eigenvalue weighted by Crippen LogP contribution is -2.25. The second-order valence-electron chi connectivity index (χ2n) is 4.49. The average molecular weight is 256 g/mol. The van der Waals surface area contributed by atoms with Gasteiger partial charge in [-0.2, -0.15) is 0 Å². The number of hydrogen-bond donors (Lipinski definition) is 0. The Hall–Kier alpha value is -0.710. The van der Waals surface area contributed by atoms with Crippen molar-refractivity contribution in [3.05, 3.63) is 23.2 Å². The third-order valence-corrected chi connectivity index (χ3v) is 3.32. The summed E-state index contributed by atoms with van der Waals surface area (Å²) in [6.45, 7) is 4.11. The Morgan fingerprint density at radius 1 is 1.53 bits per heavy atom. The molecular formula is C12H18ClN3O. The van der Waals surface area contributed by atoms with Crippen molar-refractivity contribution in [1.82, 2.24) is 14.9 Å². The monoisotopic (exact) mass is 255 g/mol. The van der Waals surface area contributed by atoms with Gasteiger partial charge in [-0.15, -0.1) is 0 Å². The molecule has 0 saturated carbocycles. The highest BCUT2D eigenvalue weighted by Gasteiger charge is 2.22. The molecule has 0 aromatic carbocycles. The molecule has 2 rings (SSSR count). The number of methoxy groups -OCH3 is 1. The number of hydrogen-bond acceptors (Lipinski definition) is 4. The van der Waals surface area contributed by atoms with E-state index in [9.17, 15) is 0 Å². The van der Waals surface area contributed by atoms with Crippen LogP contribution in [0.3, 0.4) is 0 Å². The molecule has 1 fully saturated rings. The summed E-state index contributed by atoms with van der Waals surface area (Å²) in [4.78, 5) is 10.8. The fraction of sp³-hybridized carbons (Fsp3) is 0.667. The molecule has 1 aliphatic heterocycles. The molecule has 0 aliphatic carbocycles. The quantitative estimate of drug-likeness (QED) is 0.802. The van der Waals surface area contributed by atoms with Crippen LogP contribution in [0.4, 0.5) is 0 Å². The highest BCUT2D eigenvalue weighted by atomic mass is 35.5. The molecule has 1 aliphatic rings. The fourth-order valence-corrected chi connectivity index (χ4v) is 2.44. The molecule has 0 bridgehead atoms. The molecule has 1 aromatic rings. The van der Waals surface area contributed by atoms with Gasteiger partial charge in [-0.3, -0.25) is 4.98 Å². The fourth-order valence-electron chi connectivity index (χ4n) is 2.28. The zero-order valence-corrected chi connectivity index (χ0v) is 10.9. The molecule has 1 saturated heterocycles. The second-order valence-corrected chi connectivity index (χ2v) is 4.87. The topological polar surface area (TPSA) is 38.2 Å². The Morgan fingerprint density at radius 3 is 3.18 bits per heavy atom. The molecule has 5 heteroatoms. The Bertz CT molecular complexity index is 361. The van der Waals surface area contributed by atoms with Crippen LogP contribution in [0.5, 0.6) is 0 Å². The molecule has 0 N–H and O–H groups in total. The van der Waals surface area contributed by atoms with Crippen molar-refractivity contribution in [2.75, 3.05) is 33.4 Å². The van der Waals surface area contributed by atoms with Gasteiger partial charge in [0.1, 0.15) is 5.15 Å². The molecular weight excluding hydrogens is 238 g/mol. The maximum atomic E-state index is 5.83. The highest BCUT2D eigenvalue weighted by molar-refractivity contribution is 6.29. The summed E-state index contributed by atoms with van der Waals surface area (Å²) in [7, 11) is 1.75. The summed E-state index contributed by atoms with van der Waals surface area (Å²) >= 11 is 5.83. The number of nitrogens with zero attached hydrogens (tertiary/aromatic N) is 3. The van der Waals surface area contributed by atoms with E-state index in [2.05, 4.69) is 14.9 Å².